The Morgan fingerprint density at radius 2 is 1.55 bits per heavy atom. The minimum absolute atomic E-state index is 0.434. The van der Waals surface area contributed by atoms with Crippen LogP contribution >= 0.6 is 0 Å². The van der Waals surface area contributed by atoms with Gasteiger partial charge in [0.1, 0.15) is 5.69 Å². The molecular formula is C21H19N7O+2. The van der Waals surface area contributed by atoms with Crippen LogP contribution in [0.1, 0.15) is 12.5 Å². The molecule has 29 heavy (non-hydrogen) atoms. The summed E-state index contributed by atoms with van der Waals surface area (Å²) in [7, 11) is 0. The number of rotatable bonds is 6. The molecule has 8 nitrogen and oxygen atoms in total. The quantitative estimate of drug-likeness (QED) is 0.350. The molecule has 0 aliphatic rings. The highest BCUT2D eigenvalue weighted by Crippen LogP contribution is 2.36. The zero-order valence-electron chi connectivity index (χ0n) is 16.1. The maximum Gasteiger partial charge on any atom is 0.391 e. The van der Waals surface area contributed by atoms with Crippen molar-refractivity contribution in [2.75, 3.05) is 11.9 Å². The zero-order chi connectivity index (χ0) is 20.6. The normalized spacial score (nSPS) is 10.3. The third kappa shape index (κ3) is 4.90. The highest BCUT2D eigenvalue weighted by Gasteiger charge is 2.16. The average molecular weight is 385 g/mol. The molecule has 0 spiro atoms. The molecule has 0 aromatic heterocycles. The molecule has 3 rings (SSSR count). The number of diazo groups is 2. The van der Waals surface area contributed by atoms with Crippen molar-refractivity contribution in [2.24, 2.45) is 10.2 Å². The first-order chi connectivity index (χ1) is 14.1. The number of nitrogens with one attached hydrogen (secondary N) is 1. The first kappa shape index (κ1) is 19.5. The molecule has 0 radical (unpaired) electrons. The predicted molar refractivity (Wildman–Crippen MR) is 112 cm³/mol. The van der Waals surface area contributed by atoms with E-state index in [0.29, 0.717) is 35.1 Å². The topological polar surface area (TPSA) is 102 Å². The number of nitrogens with zero attached hydrogens (tertiary/aromatic N) is 6. The van der Waals surface area contributed by atoms with Gasteiger partial charge in [-0.1, -0.05) is 0 Å². The fourth-order valence-electron chi connectivity index (χ4n) is 2.62. The van der Waals surface area contributed by atoms with Crippen molar-refractivity contribution in [3.63, 3.8) is 0 Å². The van der Waals surface area contributed by atoms with E-state index in [2.05, 4.69) is 25.5 Å². The van der Waals surface area contributed by atoms with Crippen LogP contribution < -0.4 is 10.1 Å². The van der Waals surface area contributed by atoms with Gasteiger partial charge in [-0.25, -0.2) is 0 Å². The minimum Gasteiger partial charge on any atom is -0.491 e. The van der Waals surface area contributed by atoms with E-state index < -0.39 is 0 Å². The Balaban J connectivity index is 1.75. The van der Waals surface area contributed by atoms with Crippen LogP contribution in [0.25, 0.3) is 9.95 Å². The van der Waals surface area contributed by atoms with E-state index >= 15 is 0 Å². The lowest BCUT2D eigenvalue weighted by Crippen LogP contribution is -1.92. The van der Waals surface area contributed by atoms with Crippen molar-refractivity contribution in [3.8, 4) is 5.75 Å². The summed E-state index contributed by atoms with van der Waals surface area (Å²) in [5.74, 6) is 0.506. The molecule has 0 atom stereocenters. The van der Waals surface area contributed by atoms with Gasteiger partial charge in [-0.15, -0.1) is 5.11 Å². The maximum absolute atomic E-state index is 9.06. The number of anilines is 2. The summed E-state index contributed by atoms with van der Waals surface area (Å²) in [5, 5.41) is 29.6. The number of hydrogen-bond donors (Lipinski definition) is 1. The molecule has 0 heterocycles. The Labute approximate surface area is 168 Å². The van der Waals surface area contributed by atoms with E-state index in [9.17, 15) is 0 Å². The van der Waals surface area contributed by atoms with E-state index in [0.717, 1.165) is 16.9 Å². The SMILES string of the molecule is CCOc1cc([N+]#N)c(C)cc1N=Nc1ccc(Nc2ccc([N+]#N)cc2)cc1. The van der Waals surface area contributed by atoms with Crippen molar-refractivity contribution in [2.45, 2.75) is 13.8 Å². The van der Waals surface area contributed by atoms with Gasteiger partial charge in [-0.05, 0) is 56.3 Å². The highest BCUT2D eigenvalue weighted by molar-refractivity contribution is 5.66. The van der Waals surface area contributed by atoms with Crippen LogP contribution in [0, 0.1) is 17.7 Å². The first-order valence-corrected chi connectivity index (χ1v) is 8.99. The first-order valence-electron chi connectivity index (χ1n) is 8.99. The second-order valence-electron chi connectivity index (χ2n) is 6.16. The fourth-order valence-corrected chi connectivity index (χ4v) is 2.62. The van der Waals surface area contributed by atoms with Crippen LogP contribution in [0.4, 0.5) is 34.1 Å². The number of hydrogen-bond acceptors (Lipinski definition) is 6. The van der Waals surface area contributed by atoms with Crippen LogP contribution in [-0.4, -0.2) is 6.61 Å². The minimum atomic E-state index is 0.434. The van der Waals surface area contributed by atoms with Crippen LogP contribution in [0.15, 0.2) is 70.9 Å². The average Bonchev–Trinajstić information content (AvgIpc) is 2.75. The van der Waals surface area contributed by atoms with E-state index in [4.69, 9.17) is 15.5 Å². The largest absolute Gasteiger partial charge is 0.491 e. The molecule has 8 heteroatoms. The molecule has 3 aromatic carbocycles. The summed E-state index contributed by atoms with van der Waals surface area (Å²) in [6.07, 6.45) is 0. The molecule has 3 aromatic rings. The molecule has 0 aliphatic carbocycles. The second kappa shape index (κ2) is 9.07. The number of ether oxygens (including phenoxy) is 1. The molecule has 0 amide bonds. The van der Waals surface area contributed by atoms with Crippen molar-refractivity contribution < 1.29 is 4.74 Å². The van der Waals surface area contributed by atoms with Crippen molar-refractivity contribution in [1.82, 2.24) is 0 Å². The molecule has 142 valence electrons. The monoisotopic (exact) mass is 385 g/mol. The Kier molecular flexibility index (Phi) is 6.08. The van der Waals surface area contributed by atoms with Gasteiger partial charge in [0.05, 0.1) is 18.4 Å². The van der Waals surface area contributed by atoms with E-state index in [-0.39, 0.29) is 0 Å². The van der Waals surface area contributed by atoms with Gasteiger partial charge in [0.2, 0.25) is 10.8 Å². The second-order valence-corrected chi connectivity index (χ2v) is 6.16. The molecule has 0 unspecified atom stereocenters. The number of aryl methyl sites for hydroxylation is 1. The van der Waals surface area contributed by atoms with Crippen LogP contribution in [-0.2, 0) is 0 Å². The van der Waals surface area contributed by atoms with Crippen molar-refractivity contribution >= 4 is 34.1 Å². The molecule has 0 saturated heterocycles. The van der Waals surface area contributed by atoms with Gasteiger partial charge in [0, 0.05) is 29.1 Å². The Hall–Kier alpha value is -4.30. The lowest BCUT2D eigenvalue weighted by atomic mass is 10.1. The lowest BCUT2D eigenvalue weighted by Gasteiger charge is -2.06. The van der Waals surface area contributed by atoms with E-state index in [1.807, 2.05) is 50.2 Å². The molecule has 0 bridgehead atoms. The zero-order valence-corrected chi connectivity index (χ0v) is 16.1. The summed E-state index contributed by atoms with van der Waals surface area (Å²) in [4.78, 5) is 6.38. The molecule has 0 fully saturated rings. The smallest absolute Gasteiger partial charge is 0.391 e. The third-order valence-corrected chi connectivity index (χ3v) is 4.10. The van der Waals surface area contributed by atoms with Gasteiger partial charge >= 0.3 is 11.4 Å². The predicted octanol–water partition coefficient (Wildman–Crippen LogP) is 7.52. The van der Waals surface area contributed by atoms with Gasteiger partial charge in [-0.2, -0.15) is 5.11 Å². The van der Waals surface area contributed by atoms with E-state index in [1.165, 1.54) is 0 Å². The Morgan fingerprint density at radius 3 is 2.14 bits per heavy atom. The summed E-state index contributed by atoms with van der Waals surface area (Å²) in [5.41, 5.74) is 4.70. The van der Waals surface area contributed by atoms with Crippen LogP contribution in [0.2, 0.25) is 0 Å². The molecule has 0 aliphatic heterocycles. The lowest BCUT2D eigenvalue weighted by molar-refractivity contribution is 0.341. The fraction of sp³-hybridized carbons (Fsp3) is 0.143. The summed E-state index contributed by atoms with van der Waals surface area (Å²) >= 11 is 0. The van der Waals surface area contributed by atoms with Crippen LogP contribution in [0.3, 0.4) is 0 Å². The third-order valence-electron chi connectivity index (χ3n) is 4.10. The van der Waals surface area contributed by atoms with Crippen molar-refractivity contribution in [1.29, 1.82) is 10.8 Å². The number of azo groups is 1. The van der Waals surface area contributed by atoms with Crippen molar-refractivity contribution in [3.05, 3.63) is 76.2 Å². The molecular weight excluding hydrogens is 366 g/mol. The molecule has 0 saturated carbocycles. The van der Waals surface area contributed by atoms with Gasteiger partial charge in [0.15, 0.2) is 15.7 Å². The summed E-state index contributed by atoms with van der Waals surface area (Å²) in [6, 6.07) is 17.9. The van der Waals surface area contributed by atoms with Gasteiger partial charge in [-0.3, -0.25) is 0 Å². The Morgan fingerprint density at radius 1 is 0.897 bits per heavy atom. The van der Waals surface area contributed by atoms with Crippen LogP contribution in [0.5, 0.6) is 5.75 Å². The number of benzene rings is 3. The summed E-state index contributed by atoms with van der Waals surface area (Å²) in [6.45, 7) is 4.16. The highest BCUT2D eigenvalue weighted by atomic mass is 16.5. The van der Waals surface area contributed by atoms with Gasteiger partial charge in [0.25, 0.3) is 0 Å². The van der Waals surface area contributed by atoms with Gasteiger partial charge < -0.3 is 10.1 Å². The standard InChI is InChI=1S/C21H19N7O/c1-3-29-21-13-19(26-23)14(2)12-20(21)28-27-18-10-6-16(7-11-18)24-15-4-8-17(25-22)9-5-15/h4-13,24H,3H2,1-2H3/q+2. The van der Waals surface area contributed by atoms with E-state index in [1.54, 1.807) is 24.3 Å². The molecule has 1 N–H and O–H groups in total. The maximum atomic E-state index is 9.06. The summed E-state index contributed by atoms with van der Waals surface area (Å²) < 4.78 is 5.57. The Bertz CT molecular complexity index is 1110.